The maximum atomic E-state index is 4.47. The number of H-pyrrole nitrogens is 1. The lowest BCUT2D eigenvalue weighted by Gasteiger charge is -2.36. The molecule has 7 heteroatoms. The van der Waals surface area contributed by atoms with Gasteiger partial charge in [-0.3, -0.25) is 5.10 Å². The van der Waals surface area contributed by atoms with Crippen LogP contribution in [-0.4, -0.2) is 46.3 Å². The van der Waals surface area contributed by atoms with Gasteiger partial charge in [-0.2, -0.15) is 5.10 Å². The van der Waals surface area contributed by atoms with Gasteiger partial charge < -0.3 is 9.80 Å². The molecular weight excluding hydrogens is 344 g/mol. The molecule has 0 radical (unpaired) electrons. The molecule has 2 aromatic heterocycles. The predicted molar refractivity (Wildman–Crippen MR) is 90.3 cm³/mol. The summed E-state index contributed by atoms with van der Waals surface area (Å²) in [5.41, 5.74) is 2.04. The van der Waals surface area contributed by atoms with E-state index in [0.29, 0.717) is 0 Å². The number of hydrogen-bond acceptors (Lipinski definition) is 5. The van der Waals surface area contributed by atoms with Crippen molar-refractivity contribution in [3.63, 3.8) is 0 Å². The number of benzene rings is 1. The van der Waals surface area contributed by atoms with Crippen LogP contribution in [0.2, 0.25) is 0 Å². The molecule has 3 heterocycles. The number of hydrogen-bond donors (Lipinski definition) is 1. The van der Waals surface area contributed by atoms with Crippen molar-refractivity contribution >= 4 is 38.5 Å². The molecule has 0 amide bonds. The highest BCUT2D eigenvalue weighted by Gasteiger charge is 2.22. The van der Waals surface area contributed by atoms with Crippen LogP contribution in [0.5, 0.6) is 0 Å². The van der Waals surface area contributed by atoms with E-state index in [9.17, 15) is 0 Å². The fourth-order valence-electron chi connectivity index (χ4n) is 2.86. The minimum atomic E-state index is 0.766. The second kappa shape index (κ2) is 5.57. The first-order chi connectivity index (χ1) is 10.8. The van der Waals surface area contributed by atoms with E-state index >= 15 is 0 Å². The van der Waals surface area contributed by atoms with E-state index < -0.39 is 0 Å². The van der Waals surface area contributed by atoms with Crippen molar-refractivity contribution in [2.75, 3.05) is 36.0 Å². The van der Waals surface area contributed by atoms with Gasteiger partial charge in [-0.15, -0.1) is 0 Å². The topological polar surface area (TPSA) is 60.9 Å². The highest BCUT2D eigenvalue weighted by Crippen LogP contribution is 2.29. The molecular formula is C15H15BrN6. The number of piperazine rings is 1. The monoisotopic (exact) mass is 358 g/mol. The lowest BCUT2D eigenvalue weighted by molar-refractivity contribution is 0.649. The van der Waals surface area contributed by atoms with Crippen LogP contribution in [0.1, 0.15) is 0 Å². The second-order valence-electron chi connectivity index (χ2n) is 5.24. The van der Waals surface area contributed by atoms with Crippen LogP contribution in [0.3, 0.4) is 0 Å². The Hall–Kier alpha value is -2.15. The van der Waals surface area contributed by atoms with E-state index in [2.05, 4.69) is 70.2 Å². The Labute approximate surface area is 136 Å². The molecule has 0 unspecified atom stereocenters. The third-order valence-corrected chi connectivity index (χ3v) is 4.57. The van der Waals surface area contributed by atoms with Gasteiger partial charge >= 0.3 is 0 Å². The summed E-state index contributed by atoms with van der Waals surface area (Å²) in [5, 5.41) is 8.04. The average molecular weight is 359 g/mol. The van der Waals surface area contributed by atoms with Crippen LogP contribution in [-0.2, 0) is 0 Å². The van der Waals surface area contributed by atoms with Crippen LogP contribution >= 0.6 is 15.9 Å². The highest BCUT2D eigenvalue weighted by molar-refractivity contribution is 9.10. The first kappa shape index (κ1) is 13.5. The lowest BCUT2D eigenvalue weighted by atomic mass is 10.2. The maximum absolute atomic E-state index is 4.47. The maximum Gasteiger partial charge on any atom is 0.161 e. The molecule has 4 rings (SSSR count). The Morgan fingerprint density at radius 1 is 0.955 bits per heavy atom. The highest BCUT2D eigenvalue weighted by atomic mass is 79.9. The van der Waals surface area contributed by atoms with E-state index in [1.165, 1.54) is 5.69 Å². The zero-order valence-electron chi connectivity index (χ0n) is 11.9. The minimum Gasteiger partial charge on any atom is -0.368 e. The number of anilines is 2. The van der Waals surface area contributed by atoms with Gasteiger partial charge in [0.2, 0.25) is 0 Å². The molecule has 112 valence electrons. The molecule has 6 nitrogen and oxygen atoms in total. The number of nitrogens with one attached hydrogen (secondary N) is 1. The minimum absolute atomic E-state index is 0.766. The third-order valence-electron chi connectivity index (χ3n) is 3.99. The summed E-state index contributed by atoms with van der Waals surface area (Å²) in [6.45, 7) is 3.81. The summed E-state index contributed by atoms with van der Waals surface area (Å²) in [4.78, 5) is 13.4. The number of rotatable bonds is 2. The van der Waals surface area contributed by atoms with E-state index in [1.807, 2.05) is 6.07 Å². The van der Waals surface area contributed by atoms with E-state index in [1.54, 1.807) is 6.33 Å². The van der Waals surface area contributed by atoms with Crippen LogP contribution in [0, 0.1) is 0 Å². The summed E-state index contributed by atoms with van der Waals surface area (Å²) >= 11 is 3.47. The molecule has 0 spiro atoms. The van der Waals surface area contributed by atoms with Crippen molar-refractivity contribution in [2.24, 2.45) is 0 Å². The Kier molecular flexibility index (Phi) is 3.42. The number of nitrogens with zero attached hydrogens (tertiary/aromatic N) is 5. The lowest BCUT2D eigenvalue weighted by Crippen LogP contribution is -2.46. The van der Waals surface area contributed by atoms with E-state index in [4.69, 9.17) is 0 Å². The smallest absolute Gasteiger partial charge is 0.161 e. The molecule has 0 bridgehead atoms. The molecule has 1 saturated heterocycles. The number of aromatic amines is 1. The largest absolute Gasteiger partial charge is 0.368 e. The van der Waals surface area contributed by atoms with Crippen molar-refractivity contribution in [2.45, 2.75) is 0 Å². The van der Waals surface area contributed by atoms with Crippen LogP contribution in [0.25, 0.3) is 11.0 Å². The van der Waals surface area contributed by atoms with Crippen molar-refractivity contribution in [3.8, 4) is 0 Å². The summed E-state index contributed by atoms with van der Waals surface area (Å²) in [6.07, 6.45) is 1.59. The van der Waals surface area contributed by atoms with Crippen LogP contribution in [0.15, 0.2) is 41.3 Å². The quantitative estimate of drug-likeness (QED) is 0.762. The van der Waals surface area contributed by atoms with Crippen molar-refractivity contribution in [1.82, 2.24) is 20.2 Å². The molecule has 1 fully saturated rings. The number of para-hydroxylation sites is 1. The third kappa shape index (κ3) is 2.31. The van der Waals surface area contributed by atoms with Gasteiger partial charge in [0.1, 0.15) is 16.7 Å². The normalized spacial score (nSPS) is 15.5. The van der Waals surface area contributed by atoms with Gasteiger partial charge in [0.25, 0.3) is 0 Å². The summed E-state index contributed by atoms with van der Waals surface area (Å²) in [6, 6.07) is 10.5. The zero-order valence-corrected chi connectivity index (χ0v) is 13.5. The van der Waals surface area contributed by atoms with Crippen molar-refractivity contribution < 1.29 is 0 Å². The Morgan fingerprint density at radius 3 is 2.45 bits per heavy atom. The van der Waals surface area contributed by atoms with Gasteiger partial charge in [-0.1, -0.05) is 18.2 Å². The Morgan fingerprint density at radius 2 is 1.68 bits per heavy atom. The number of halogens is 1. The second-order valence-corrected chi connectivity index (χ2v) is 6.00. The molecule has 1 aliphatic rings. The fraction of sp³-hybridized carbons (Fsp3) is 0.267. The molecule has 22 heavy (non-hydrogen) atoms. The van der Waals surface area contributed by atoms with Crippen LogP contribution in [0.4, 0.5) is 11.5 Å². The molecule has 1 aromatic carbocycles. The molecule has 1 N–H and O–H groups in total. The first-order valence-corrected chi connectivity index (χ1v) is 8.02. The van der Waals surface area contributed by atoms with E-state index in [0.717, 1.165) is 47.6 Å². The zero-order chi connectivity index (χ0) is 14.9. The van der Waals surface area contributed by atoms with Crippen molar-refractivity contribution in [1.29, 1.82) is 0 Å². The summed E-state index contributed by atoms with van der Waals surface area (Å²) in [7, 11) is 0. The molecule has 1 aliphatic heterocycles. The van der Waals surface area contributed by atoms with Gasteiger partial charge in [-0.25, -0.2) is 9.97 Å². The van der Waals surface area contributed by atoms with Gasteiger partial charge in [0.05, 0.1) is 5.39 Å². The number of fused-ring (bicyclic) bond motifs is 1. The number of aromatic nitrogens is 4. The van der Waals surface area contributed by atoms with Crippen molar-refractivity contribution in [3.05, 3.63) is 41.3 Å². The van der Waals surface area contributed by atoms with Gasteiger partial charge in [-0.05, 0) is 28.1 Å². The first-order valence-electron chi connectivity index (χ1n) is 7.22. The summed E-state index contributed by atoms with van der Waals surface area (Å²) in [5.74, 6) is 0.943. The molecule has 3 aromatic rings. The molecule has 0 atom stereocenters. The molecule has 0 saturated carbocycles. The Balaban J connectivity index is 1.57. The fourth-order valence-corrected chi connectivity index (χ4v) is 3.32. The van der Waals surface area contributed by atoms with E-state index in [-0.39, 0.29) is 0 Å². The molecule has 0 aliphatic carbocycles. The average Bonchev–Trinajstić information content (AvgIpc) is 2.97. The SMILES string of the molecule is Brc1n[nH]c2ncnc(N3CCN(c4ccccc4)CC3)c12. The summed E-state index contributed by atoms with van der Waals surface area (Å²) < 4.78 is 0.767. The van der Waals surface area contributed by atoms with Crippen LogP contribution < -0.4 is 9.80 Å². The van der Waals surface area contributed by atoms with Gasteiger partial charge in [0, 0.05) is 31.9 Å². The standard InChI is InChI=1S/C15H15BrN6/c16-13-12-14(20-19-13)17-10-18-15(12)22-8-6-21(7-9-22)11-4-2-1-3-5-11/h1-5,10H,6-9H2,(H,17,18,19,20). The Bertz CT molecular complexity index is 779. The van der Waals surface area contributed by atoms with Gasteiger partial charge in [0.15, 0.2) is 5.65 Å². The predicted octanol–water partition coefficient (Wildman–Crippen LogP) is 2.44.